The molecule has 134 valence electrons. The van der Waals surface area contributed by atoms with Gasteiger partial charge in [-0.3, -0.25) is 0 Å². The van der Waals surface area contributed by atoms with E-state index in [1.165, 1.54) is 5.56 Å². The van der Waals surface area contributed by atoms with Crippen molar-refractivity contribution in [2.24, 2.45) is 0 Å². The number of nitrogens with zero attached hydrogens (tertiary/aromatic N) is 2. The maximum atomic E-state index is 12.5. The number of hydrogen-bond acceptors (Lipinski definition) is 3. The first-order valence-electron chi connectivity index (χ1n) is 8.90. The van der Waals surface area contributed by atoms with Gasteiger partial charge in [0.05, 0.1) is 5.69 Å². The van der Waals surface area contributed by atoms with E-state index in [1.807, 2.05) is 27.0 Å². The third-order valence-electron chi connectivity index (χ3n) is 5.27. The van der Waals surface area contributed by atoms with Crippen LogP contribution in [0.25, 0.3) is 0 Å². The number of urea groups is 1. The van der Waals surface area contributed by atoms with E-state index < -0.39 is 0 Å². The Bertz CT molecular complexity index is 715. The van der Waals surface area contributed by atoms with Gasteiger partial charge in [0.15, 0.2) is 0 Å². The highest BCUT2D eigenvalue weighted by molar-refractivity contribution is 5.74. The van der Waals surface area contributed by atoms with Gasteiger partial charge in [-0.2, -0.15) is 0 Å². The SMILES string of the molecule is Cc1noc(C)c1[C@H](C)CNC(=O)N(C)CC1(c2ccccc2)CC1. The van der Waals surface area contributed by atoms with E-state index in [-0.39, 0.29) is 17.4 Å². The minimum absolute atomic E-state index is 0.0270. The average molecular weight is 341 g/mol. The van der Waals surface area contributed by atoms with Crippen LogP contribution in [0, 0.1) is 13.8 Å². The molecule has 1 aromatic carbocycles. The third kappa shape index (κ3) is 3.70. The van der Waals surface area contributed by atoms with Crippen LogP contribution in [0.15, 0.2) is 34.9 Å². The molecule has 0 bridgehead atoms. The summed E-state index contributed by atoms with van der Waals surface area (Å²) in [5, 5.41) is 7.04. The average Bonchev–Trinajstić information content (AvgIpc) is 3.31. The quantitative estimate of drug-likeness (QED) is 0.870. The molecule has 5 nitrogen and oxygen atoms in total. The van der Waals surface area contributed by atoms with E-state index in [2.05, 4.69) is 41.7 Å². The van der Waals surface area contributed by atoms with Gasteiger partial charge in [-0.25, -0.2) is 4.79 Å². The zero-order chi connectivity index (χ0) is 18.0. The fraction of sp³-hybridized carbons (Fsp3) is 0.500. The van der Waals surface area contributed by atoms with Crippen molar-refractivity contribution in [2.45, 2.75) is 44.9 Å². The lowest BCUT2D eigenvalue weighted by Crippen LogP contribution is -2.42. The fourth-order valence-corrected chi connectivity index (χ4v) is 3.68. The lowest BCUT2D eigenvalue weighted by atomic mass is 9.95. The zero-order valence-electron chi connectivity index (χ0n) is 15.5. The third-order valence-corrected chi connectivity index (χ3v) is 5.27. The predicted molar refractivity (Wildman–Crippen MR) is 97.8 cm³/mol. The minimum Gasteiger partial charge on any atom is -0.361 e. The Hall–Kier alpha value is -2.30. The van der Waals surface area contributed by atoms with Crippen LogP contribution in [0.3, 0.4) is 0 Å². The summed E-state index contributed by atoms with van der Waals surface area (Å²) in [5.41, 5.74) is 3.46. The van der Waals surface area contributed by atoms with Crippen LogP contribution in [0.4, 0.5) is 4.79 Å². The van der Waals surface area contributed by atoms with Gasteiger partial charge < -0.3 is 14.7 Å². The number of benzene rings is 1. The molecule has 1 saturated carbocycles. The second kappa shape index (κ2) is 6.90. The maximum Gasteiger partial charge on any atom is 0.317 e. The standard InChI is InChI=1S/C20H27N3O2/c1-14(18-15(2)22-25-16(18)3)12-21-19(24)23(4)13-20(10-11-20)17-8-6-5-7-9-17/h5-9,14H,10-13H2,1-4H3,(H,21,24)/t14-/m1/s1. The molecule has 1 aliphatic carbocycles. The van der Waals surface area contributed by atoms with Crippen LogP contribution in [0.5, 0.6) is 0 Å². The highest BCUT2D eigenvalue weighted by atomic mass is 16.5. The topological polar surface area (TPSA) is 58.4 Å². The summed E-state index contributed by atoms with van der Waals surface area (Å²) >= 11 is 0. The van der Waals surface area contributed by atoms with Crippen LogP contribution in [-0.4, -0.2) is 36.2 Å². The Kier molecular flexibility index (Phi) is 4.84. The van der Waals surface area contributed by atoms with Crippen LogP contribution < -0.4 is 5.32 Å². The van der Waals surface area contributed by atoms with Crippen molar-refractivity contribution >= 4 is 6.03 Å². The number of aromatic nitrogens is 1. The molecule has 2 aromatic rings. The molecule has 5 heteroatoms. The number of aryl methyl sites for hydroxylation is 2. The van der Waals surface area contributed by atoms with Gasteiger partial charge in [-0.1, -0.05) is 42.4 Å². The molecule has 1 heterocycles. The van der Waals surface area contributed by atoms with Crippen LogP contribution in [0.2, 0.25) is 0 Å². The lowest BCUT2D eigenvalue weighted by molar-refractivity contribution is 0.203. The first kappa shape index (κ1) is 17.5. The van der Waals surface area contributed by atoms with E-state index in [4.69, 9.17) is 4.52 Å². The van der Waals surface area contributed by atoms with Crippen molar-refractivity contribution in [1.82, 2.24) is 15.4 Å². The molecular formula is C20H27N3O2. The fourth-order valence-electron chi connectivity index (χ4n) is 3.68. The summed E-state index contributed by atoms with van der Waals surface area (Å²) in [6.07, 6.45) is 2.29. The monoisotopic (exact) mass is 341 g/mol. The molecule has 2 amide bonds. The number of amides is 2. The predicted octanol–water partition coefficient (Wildman–Crippen LogP) is 3.77. The maximum absolute atomic E-state index is 12.5. The van der Waals surface area contributed by atoms with Gasteiger partial charge in [0.25, 0.3) is 0 Å². The second-order valence-corrected chi connectivity index (χ2v) is 7.33. The molecule has 25 heavy (non-hydrogen) atoms. The highest BCUT2D eigenvalue weighted by Crippen LogP contribution is 2.48. The largest absolute Gasteiger partial charge is 0.361 e. The molecule has 0 spiro atoms. The summed E-state index contributed by atoms with van der Waals surface area (Å²) in [4.78, 5) is 14.3. The molecule has 0 saturated heterocycles. The normalized spacial score (nSPS) is 16.3. The summed E-state index contributed by atoms with van der Waals surface area (Å²) < 4.78 is 5.22. The van der Waals surface area contributed by atoms with E-state index in [0.717, 1.165) is 36.4 Å². The Balaban J connectivity index is 1.55. The number of carbonyl (C=O) groups is 1. The summed E-state index contributed by atoms with van der Waals surface area (Å²) in [6.45, 7) is 7.26. The first-order chi connectivity index (χ1) is 11.9. The van der Waals surface area contributed by atoms with Crippen molar-refractivity contribution in [3.63, 3.8) is 0 Å². The number of nitrogens with one attached hydrogen (secondary N) is 1. The minimum atomic E-state index is -0.0270. The van der Waals surface area contributed by atoms with Crippen molar-refractivity contribution < 1.29 is 9.32 Å². The second-order valence-electron chi connectivity index (χ2n) is 7.33. The molecule has 0 radical (unpaired) electrons. The van der Waals surface area contributed by atoms with Crippen molar-refractivity contribution in [3.8, 4) is 0 Å². The van der Waals surface area contributed by atoms with Gasteiger partial charge >= 0.3 is 6.03 Å². The van der Waals surface area contributed by atoms with Crippen molar-refractivity contribution in [2.75, 3.05) is 20.1 Å². The van der Waals surface area contributed by atoms with Gasteiger partial charge in [-0.05, 0) is 32.3 Å². The van der Waals surface area contributed by atoms with E-state index in [9.17, 15) is 4.79 Å². The van der Waals surface area contributed by atoms with Crippen molar-refractivity contribution in [3.05, 3.63) is 52.9 Å². The van der Waals surface area contributed by atoms with Gasteiger partial charge in [-0.15, -0.1) is 0 Å². The number of rotatable bonds is 6. The van der Waals surface area contributed by atoms with Gasteiger partial charge in [0, 0.05) is 37.0 Å². The Labute approximate surface area is 149 Å². The molecular weight excluding hydrogens is 314 g/mol. The molecule has 0 aliphatic heterocycles. The number of carbonyl (C=O) groups excluding carboxylic acids is 1. The van der Waals surface area contributed by atoms with E-state index in [0.29, 0.717) is 6.54 Å². The van der Waals surface area contributed by atoms with Crippen LogP contribution in [-0.2, 0) is 5.41 Å². The smallest absolute Gasteiger partial charge is 0.317 e. The Morgan fingerprint density at radius 1 is 1.32 bits per heavy atom. The van der Waals surface area contributed by atoms with Crippen LogP contribution in [0.1, 0.15) is 48.3 Å². The van der Waals surface area contributed by atoms with Gasteiger partial charge in [0.1, 0.15) is 5.76 Å². The van der Waals surface area contributed by atoms with Gasteiger partial charge in [0.2, 0.25) is 0 Å². The Morgan fingerprint density at radius 2 is 2.00 bits per heavy atom. The molecule has 1 aliphatic rings. The highest BCUT2D eigenvalue weighted by Gasteiger charge is 2.45. The zero-order valence-corrected chi connectivity index (χ0v) is 15.5. The summed E-state index contributed by atoms with van der Waals surface area (Å²) in [5.74, 6) is 1.00. The molecule has 3 rings (SSSR count). The summed E-state index contributed by atoms with van der Waals surface area (Å²) in [7, 11) is 1.87. The number of hydrogen-bond donors (Lipinski definition) is 1. The Morgan fingerprint density at radius 3 is 2.56 bits per heavy atom. The molecule has 1 fully saturated rings. The summed E-state index contributed by atoms with van der Waals surface area (Å²) in [6, 6.07) is 10.5. The van der Waals surface area contributed by atoms with E-state index in [1.54, 1.807) is 4.90 Å². The van der Waals surface area contributed by atoms with Crippen molar-refractivity contribution in [1.29, 1.82) is 0 Å². The van der Waals surface area contributed by atoms with E-state index >= 15 is 0 Å². The molecule has 1 atom stereocenters. The van der Waals surface area contributed by atoms with Crippen LogP contribution >= 0.6 is 0 Å². The lowest BCUT2D eigenvalue weighted by Gasteiger charge is -2.25. The molecule has 1 aromatic heterocycles. The molecule has 1 N–H and O–H groups in total. The number of likely N-dealkylation sites (N-methyl/N-ethyl adjacent to an activating group) is 1. The first-order valence-corrected chi connectivity index (χ1v) is 8.90. The molecule has 0 unspecified atom stereocenters.